The highest BCUT2D eigenvalue weighted by Gasteiger charge is 2.29. The van der Waals surface area contributed by atoms with Crippen molar-refractivity contribution in [2.45, 2.75) is 13.1 Å². The van der Waals surface area contributed by atoms with Crippen LogP contribution in [0.3, 0.4) is 0 Å². The van der Waals surface area contributed by atoms with E-state index in [4.69, 9.17) is 5.73 Å². The average molecular weight is 321 g/mol. The summed E-state index contributed by atoms with van der Waals surface area (Å²) in [7, 11) is -4.31. The van der Waals surface area contributed by atoms with Crippen LogP contribution in [0.25, 0.3) is 0 Å². The maximum Gasteiger partial charge on any atom is 0.402 e. The highest BCUT2D eigenvalue weighted by molar-refractivity contribution is 7.90. The average Bonchev–Trinajstić information content (AvgIpc) is 2.32. The van der Waals surface area contributed by atoms with Crippen molar-refractivity contribution in [3.63, 3.8) is 0 Å². The van der Waals surface area contributed by atoms with E-state index in [1.54, 1.807) is 13.0 Å². The van der Waals surface area contributed by atoms with Crippen molar-refractivity contribution in [2.24, 2.45) is 5.73 Å². The molecule has 0 unspecified atom stereocenters. The lowest BCUT2D eigenvalue weighted by Gasteiger charge is -2.12. The molecule has 5 nitrogen and oxygen atoms in total. The summed E-state index contributed by atoms with van der Waals surface area (Å²) in [4.78, 5) is 0. The van der Waals surface area contributed by atoms with Crippen LogP contribution < -0.4 is 15.2 Å². The van der Waals surface area contributed by atoms with Gasteiger partial charge in [-0.15, -0.1) is 0 Å². The van der Waals surface area contributed by atoms with Gasteiger partial charge in [0, 0.05) is 5.56 Å². The Morgan fingerprint density at radius 3 is 2.52 bits per heavy atom. The molecular formula is C12H14F3N3O2S. The summed E-state index contributed by atoms with van der Waals surface area (Å²) in [5.41, 5.74) is 6.56. The summed E-state index contributed by atoms with van der Waals surface area (Å²) in [6.07, 6.45) is -4.63. The predicted molar refractivity (Wildman–Crippen MR) is 73.7 cm³/mol. The van der Waals surface area contributed by atoms with Crippen LogP contribution >= 0.6 is 0 Å². The molecule has 0 radical (unpaired) electrons. The van der Waals surface area contributed by atoms with Gasteiger partial charge in [-0.1, -0.05) is 11.8 Å². The summed E-state index contributed by atoms with van der Waals surface area (Å²) in [5.74, 6) is 5.32. The molecular weight excluding hydrogens is 307 g/mol. The minimum atomic E-state index is -4.63. The number of nitrogens with two attached hydrogens (primary N) is 1. The van der Waals surface area contributed by atoms with E-state index in [1.165, 1.54) is 16.9 Å². The minimum absolute atomic E-state index is 0.117. The number of anilines is 1. The molecule has 0 aromatic heterocycles. The Morgan fingerprint density at radius 1 is 1.29 bits per heavy atom. The first-order valence-corrected chi connectivity index (χ1v) is 7.24. The normalized spacial score (nSPS) is 11.7. The van der Waals surface area contributed by atoms with E-state index < -0.39 is 22.9 Å². The molecule has 0 spiro atoms. The molecule has 1 aromatic rings. The van der Waals surface area contributed by atoms with Gasteiger partial charge >= 0.3 is 6.18 Å². The summed E-state index contributed by atoms with van der Waals surface area (Å²) in [6, 6.07) is 4.58. The molecule has 0 heterocycles. The Bertz CT molecular complexity index is 661. The third-order valence-electron chi connectivity index (χ3n) is 2.13. The highest BCUT2D eigenvalue weighted by Crippen LogP contribution is 2.16. The van der Waals surface area contributed by atoms with Crippen molar-refractivity contribution in [3.05, 3.63) is 29.3 Å². The van der Waals surface area contributed by atoms with E-state index in [9.17, 15) is 21.6 Å². The molecule has 0 saturated heterocycles. The number of nitrogens with one attached hydrogen (secondary N) is 2. The van der Waals surface area contributed by atoms with Gasteiger partial charge in [0.05, 0.1) is 12.2 Å². The van der Waals surface area contributed by atoms with Crippen molar-refractivity contribution >= 4 is 15.9 Å². The van der Waals surface area contributed by atoms with E-state index in [1.807, 2.05) is 4.72 Å². The molecule has 0 saturated carbocycles. The number of rotatable bonds is 4. The van der Waals surface area contributed by atoms with E-state index in [0.717, 1.165) is 0 Å². The quantitative estimate of drug-likeness (QED) is 0.727. The Balaban J connectivity index is 2.89. The van der Waals surface area contributed by atoms with Crippen molar-refractivity contribution in [1.29, 1.82) is 0 Å². The number of hydrogen-bond acceptors (Lipinski definition) is 3. The summed E-state index contributed by atoms with van der Waals surface area (Å²) < 4.78 is 62.5. The van der Waals surface area contributed by atoms with Gasteiger partial charge in [-0.25, -0.2) is 0 Å². The molecule has 1 rings (SSSR count). The molecule has 0 aliphatic heterocycles. The zero-order valence-electron chi connectivity index (χ0n) is 11.1. The zero-order chi connectivity index (χ0) is 16.1. The first kappa shape index (κ1) is 17.3. The Hall–Kier alpha value is -1.76. The number of halogens is 3. The van der Waals surface area contributed by atoms with E-state index in [0.29, 0.717) is 11.1 Å². The predicted octanol–water partition coefficient (Wildman–Crippen LogP) is 1.11. The molecule has 0 aliphatic carbocycles. The first-order chi connectivity index (χ1) is 9.61. The molecule has 0 bridgehead atoms. The van der Waals surface area contributed by atoms with Gasteiger partial charge in [-0.05, 0) is 30.7 Å². The maximum absolute atomic E-state index is 12.0. The summed E-state index contributed by atoms with van der Waals surface area (Å²) in [5, 5.41) is 0. The second-order valence-electron chi connectivity index (χ2n) is 4.14. The standard InChI is InChI=1S/C12H14F3N3O2S/c1-9-5-10(3-2-4-16)7-11(6-9)18-21(19,20)17-8-12(13,14)15/h5-7,17-18H,4,8,16H2,1H3. The molecule has 1 aromatic carbocycles. The second kappa shape index (κ2) is 6.80. The van der Waals surface area contributed by atoms with Crippen molar-refractivity contribution in [1.82, 2.24) is 4.72 Å². The fourth-order valence-electron chi connectivity index (χ4n) is 1.44. The topological polar surface area (TPSA) is 84.2 Å². The fraction of sp³-hybridized carbons (Fsp3) is 0.333. The van der Waals surface area contributed by atoms with E-state index in [-0.39, 0.29) is 12.2 Å². The highest BCUT2D eigenvalue weighted by atomic mass is 32.2. The monoisotopic (exact) mass is 321 g/mol. The largest absolute Gasteiger partial charge is 0.402 e. The van der Waals surface area contributed by atoms with Crippen LogP contribution in [0.1, 0.15) is 11.1 Å². The van der Waals surface area contributed by atoms with Crippen LogP contribution in [0.4, 0.5) is 18.9 Å². The summed E-state index contributed by atoms with van der Waals surface area (Å²) >= 11 is 0. The third-order valence-corrected chi connectivity index (χ3v) is 3.16. The zero-order valence-corrected chi connectivity index (χ0v) is 11.9. The number of alkyl halides is 3. The third kappa shape index (κ3) is 6.99. The Labute approximate surface area is 120 Å². The van der Waals surface area contributed by atoms with Gasteiger partial charge in [0.2, 0.25) is 0 Å². The second-order valence-corrected chi connectivity index (χ2v) is 5.64. The maximum atomic E-state index is 12.0. The Morgan fingerprint density at radius 2 is 1.95 bits per heavy atom. The fourth-order valence-corrected chi connectivity index (χ4v) is 2.29. The molecule has 116 valence electrons. The van der Waals surface area contributed by atoms with E-state index >= 15 is 0 Å². The Kier molecular flexibility index (Phi) is 5.60. The van der Waals surface area contributed by atoms with E-state index in [2.05, 4.69) is 11.8 Å². The molecule has 0 aliphatic rings. The van der Waals surface area contributed by atoms with Crippen LogP contribution in [-0.2, 0) is 10.2 Å². The molecule has 9 heteroatoms. The lowest BCUT2D eigenvalue weighted by Crippen LogP contribution is -2.37. The molecule has 21 heavy (non-hydrogen) atoms. The first-order valence-electron chi connectivity index (χ1n) is 5.76. The van der Waals surface area contributed by atoms with Crippen LogP contribution in [0.15, 0.2) is 18.2 Å². The van der Waals surface area contributed by atoms with Gasteiger partial charge in [-0.3, -0.25) is 4.72 Å². The summed E-state index contributed by atoms with van der Waals surface area (Å²) in [6.45, 7) is 0.199. The number of aryl methyl sites for hydroxylation is 1. The smallest absolute Gasteiger partial charge is 0.320 e. The van der Waals surface area contributed by atoms with Crippen molar-refractivity contribution in [2.75, 3.05) is 17.8 Å². The molecule has 0 atom stereocenters. The van der Waals surface area contributed by atoms with Gasteiger partial charge < -0.3 is 5.73 Å². The molecule has 4 N–H and O–H groups in total. The molecule has 0 fully saturated rings. The minimum Gasteiger partial charge on any atom is -0.320 e. The van der Waals surface area contributed by atoms with Gasteiger partial charge in [0.1, 0.15) is 6.54 Å². The van der Waals surface area contributed by atoms with Crippen LogP contribution in [0, 0.1) is 18.8 Å². The molecule has 0 amide bonds. The van der Waals surface area contributed by atoms with Crippen LogP contribution in [0.2, 0.25) is 0 Å². The SMILES string of the molecule is Cc1cc(C#CCN)cc(NS(=O)(=O)NCC(F)(F)F)c1. The van der Waals surface area contributed by atoms with Gasteiger partial charge in [0.15, 0.2) is 0 Å². The van der Waals surface area contributed by atoms with Crippen LogP contribution in [-0.4, -0.2) is 27.7 Å². The van der Waals surface area contributed by atoms with Crippen molar-refractivity contribution in [3.8, 4) is 11.8 Å². The van der Waals surface area contributed by atoms with Gasteiger partial charge in [-0.2, -0.15) is 26.3 Å². The lowest BCUT2D eigenvalue weighted by atomic mass is 10.1. The van der Waals surface area contributed by atoms with Crippen molar-refractivity contribution < 1.29 is 21.6 Å². The number of hydrogen-bond donors (Lipinski definition) is 3. The number of benzene rings is 1. The van der Waals surface area contributed by atoms with Crippen LogP contribution in [0.5, 0.6) is 0 Å². The lowest BCUT2D eigenvalue weighted by molar-refractivity contribution is -0.121. The van der Waals surface area contributed by atoms with Gasteiger partial charge in [0.25, 0.3) is 10.2 Å².